The van der Waals surface area contributed by atoms with Crippen molar-refractivity contribution in [1.29, 1.82) is 0 Å². The van der Waals surface area contributed by atoms with Crippen LogP contribution in [0.3, 0.4) is 0 Å². The van der Waals surface area contributed by atoms with Crippen LogP contribution in [0.15, 0.2) is 30.3 Å². The van der Waals surface area contributed by atoms with Gasteiger partial charge in [-0.3, -0.25) is 9.59 Å². The zero-order chi connectivity index (χ0) is 17.5. The molecule has 5 nitrogen and oxygen atoms in total. The Labute approximate surface area is 149 Å². The maximum atomic E-state index is 12.6. The fourth-order valence-electron chi connectivity index (χ4n) is 3.79. The summed E-state index contributed by atoms with van der Waals surface area (Å²) in [5.41, 5.74) is 1.08. The number of hydrogen-bond donors (Lipinski definition) is 0. The molecule has 0 bridgehead atoms. The summed E-state index contributed by atoms with van der Waals surface area (Å²) in [4.78, 5) is 28.3. The van der Waals surface area contributed by atoms with E-state index in [4.69, 9.17) is 4.74 Å². The highest BCUT2D eigenvalue weighted by molar-refractivity contribution is 5.78. The Morgan fingerprint density at radius 1 is 1.12 bits per heavy atom. The lowest BCUT2D eigenvalue weighted by atomic mass is 9.99. The highest BCUT2D eigenvalue weighted by atomic mass is 16.5. The standard InChI is InChI=1S/C20H28N2O3/c23-19-10-6-12-21(19)14-11-18-9-4-5-13-22(18)20(24)16-25-15-17-7-2-1-3-8-17/h1-3,7-8,18H,4-6,9-16H2. The predicted octanol–water partition coefficient (Wildman–Crippen LogP) is 2.60. The first-order valence-electron chi connectivity index (χ1n) is 9.43. The number of amides is 2. The van der Waals surface area contributed by atoms with E-state index in [9.17, 15) is 9.59 Å². The molecule has 2 aliphatic heterocycles. The van der Waals surface area contributed by atoms with Gasteiger partial charge in [0.05, 0.1) is 6.61 Å². The van der Waals surface area contributed by atoms with Crippen molar-refractivity contribution in [1.82, 2.24) is 9.80 Å². The van der Waals surface area contributed by atoms with Gasteiger partial charge in [-0.25, -0.2) is 0 Å². The predicted molar refractivity (Wildman–Crippen MR) is 95.9 cm³/mol. The van der Waals surface area contributed by atoms with Gasteiger partial charge >= 0.3 is 0 Å². The molecule has 1 atom stereocenters. The van der Waals surface area contributed by atoms with Gasteiger partial charge in [-0.15, -0.1) is 0 Å². The van der Waals surface area contributed by atoms with E-state index in [-0.39, 0.29) is 24.5 Å². The van der Waals surface area contributed by atoms with Crippen molar-refractivity contribution in [2.24, 2.45) is 0 Å². The van der Waals surface area contributed by atoms with Crippen molar-refractivity contribution in [2.75, 3.05) is 26.2 Å². The van der Waals surface area contributed by atoms with Gasteiger partial charge in [0.15, 0.2) is 0 Å². The lowest BCUT2D eigenvalue weighted by Crippen LogP contribution is -2.46. The van der Waals surface area contributed by atoms with E-state index in [1.165, 1.54) is 0 Å². The third-order valence-corrected chi connectivity index (χ3v) is 5.19. The number of rotatable bonds is 7. The third kappa shape index (κ3) is 5.05. The van der Waals surface area contributed by atoms with Gasteiger partial charge in [0.2, 0.25) is 11.8 Å². The van der Waals surface area contributed by atoms with Crippen molar-refractivity contribution < 1.29 is 14.3 Å². The van der Waals surface area contributed by atoms with E-state index in [2.05, 4.69) is 0 Å². The number of carbonyl (C=O) groups is 2. The quantitative estimate of drug-likeness (QED) is 0.764. The average Bonchev–Trinajstić information content (AvgIpc) is 3.06. The second kappa shape index (κ2) is 8.99. The van der Waals surface area contributed by atoms with Gasteiger partial charge in [-0.05, 0) is 37.7 Å². The average molecular weight is 344 g/mol. The maximum absolute atomic E-state index is 12.6. The second-order valence-corrected chi connectivity index (χ2v) is 6.99. The molecule has 0 saturated carbocycles. The fraction of sp³-hybridized carbons (Fsp3) is 0.600. The summed E-state index contributed by atoms with van der Waals surface area (Å²) in [6.45, 7) is 3.06. The van der Waals surface area contributed by atoms with E-state index in [1.807, 2.05) is 40.1 Å². The number of nitrogens with zero attached hydrogens (tertiary/aromatic N) is 2. The summed E-state index contributed by atoms with van der Waals surface area (Å²) in [6, 6.07) is 10.2. The van der Waals surface area contributed by atoms with Crippen LogP contribution in [0.2, 0.25) is 0 Å². The van der Waals surface area contributed by atoms with Crippen molar-refractivity contribution in [2.45, 2.75) is 51.2 Å². The van der Waals surface area contributed by atoms with Crippen LogP contribution in [0.1, 0.15) is 44.1 Å². The molecule has 0 aliphatic carbocycles. The molecule has 1 aromatic rings. The number of benzene rings is 1. The Morgan fingerprint density at radius 3 is 2.72 bits per heavy atom. The van der Waals surface area contributed by atoms with Crippen molar-refractivity contribution >= 4 is 11.8 Å². The molecule has 3 rings (SSSR count). The fourth-order valence-corrected chi connectivity index (χ4v) is 3.79. The third-order valence-electron chi connectivity index (χ3n) is 5.19. The van der Waals surface area contributed by atoms with Crippen LogP contribution in [0, 0.1) is 0 Å². The summed E-state index contributed by atoms with van der Waals surface area (Å²) < 4.78 is 5.62. The minimum Gasteiger partial charge on any atom is -0.367 e. The molecule has 2 fully saturated rings. The molecule has 5 heteroatoms. The van der Waals surface area contributed by atoms with E-state index in [0.29, 0.717) is 13.0 Å². The Balaban J connectivity index is 1.46. The molecular formula is C20H28N2O3. The van der Waals surface area contributed by atoms with Gasteiger partial charge in [0.25, 0.3) is 0 Å². The Hall–Kier alpha value is -1.88. The zero-order valence-electron chi connectivity index (χ0n) is 14.9. The topological polar surface area (TPSA) is 49.9 Å². The van der Waals surface area contributed by atoms with E-state index in [1.54, 1.807) is 0 Å². The smallest absolute Gasteiger partial charge is 0.248 e. The molecule has 0 radical (unpaired) electrons. The van der Waals surface area contributed by atoms with Gasteiger partial charge in [0, 0.05) is 32.1 Å². The molecule has 2 heterocycles. The number of likely N-dealkylation sites (tertiary alicyclic amines) is 2. The normalized spacial score (nSPS) is 21.0. The molecule has 1 unspecified atom stereocenters. The second-order valence-electron chi connectivity index (χ2n) is 6.99. The summed E-state index contributed by atoms with van der Waals surface area (Å²) >= 11 is 0. The first-order valence-corrected chi connectivity index (χ1v) is 9.43. The van der Waals surface area contributed by atoms with Gasteiger partial charge in [-0.2, -0.15) is 0 Å². The van der Waals surface area contributed by atoms with Gasteiger partial charge in [-0.1, -0.05) is 30.3 Å². The summed E-state index contributed by atoms with van der Waals surface area (Å²) in [5, 5.41) is 0. The van der Waals surface area contributed by atoms with Crippen LogP contribution in [0.25, 0.3) is 0 Å². The van der Waals surface area contributed by atoms with Crippen LogP contribution in [-0.2, 0) is 20.9 Å². The monoisotopic (exact) mass is 344 g/mol. The van der Waals surface area contributed by atoms with Crippen LogP contribution < -0.4 is 0 Å². The van der Waals surface area contributed by atoms with E-state index in [0.717, 1.165) is 57.3 Å². The van der Waals surface area contributed by atoms with Crippen molar-refractivity contribution in [3.05, 3.63) is 35.9 Å². The highest BCUT2D eigenvalue weighted by Gasteiger charge is 2.28. The lowest BCUT2D eigenvalue weighted by molar-refractivity contribution is -0.140. The Kier molecular flexibility index (Phi) is 6.45. The van der Waals surface area contributed by atoms with Crippen LogP contribution >= 0.6 is 0 Å². The first-order chi connectivity index (χ1) is 12.2. The van der Waals surface area contributed by atoms with E-state index >= 15 is 0 Å². The maximum Gasteiger partial charge on any atom is 0.248 e. The number of piperidine rings is 1. The van der Waals surface area contributed by atoms with Gasteiger partial charge < -0.3 is 14.5 Å². The highest BCUT2D eigenvalue weighted by Crippen LogP contribution is 2.21. The van der Waals surface area contributed by atoms with Crippen LogP contribution in [0.4, 0.5) is 0 Å². The first kappa shape index (κ1) is 17.9. The zero-order valence-corrected chi connectivity index (χ0v) is 14.9. The molecule has 1 aromatic carbocycles. The molecule has 2 saturated heterocycles. The minimum atomic E-state index is 0.0772. The van der Waals surface area contributed by atoms with Crippen LogP contribution in [-0.4, -0.2) is 53.9 Å². The number of hydrogen-bond acceptors (Lipinski definition) is 3. The molecule has 136 valence electrons. The van der Waals surface area contributed by atoms with Crippen molar-refractivity contribution in [3.8, 4) is 0 Å². The largest absolute Gasteiger partial charge is 0.367 e. The Morgan fingerprint density at radius 2 is 1.96 bits per heavy atom. The van der Waals surface area contributed by atoms with E-state index < -0.39 is 0 Å². The number of ether oxygens (including phenoxy) is 1. The molecular weight excluding hydrogens is 316 g/mol. The molecule has 2 amide bonds. The lowest BCUT2D eigenvalue weighted by Gasteiger charge is -2.36. The summed E-state index contributed by atoms with van der Waals surface area (Å²) in [5.74, 6) is 0.341. The Bertz CT molecular complexity index is 576. The van der Waals surface area contributed by atoms with Crippen LogP contribution in [0.5, 0.6) is 0 Å². The van der Waals surface area contributed by atoms with Crippen molar-refractivity contribution in [3.63, 3.8) is 0 Å². The molecule has 2 aliphatic rings. The van der Waals surface area contributed by atoms with Gasteiger partial charge in [0.1, 0.15) is 6.61 Å². The molecule has 0 N–H and O–H groups in total. The molecule has 25 heavy (non-hydrogen) atoms. The molecule has 0 aromatic heterocycles. The molecule has 0 spiro atoms. The summed E-state index contributed by atoms with van der Waals surface area (Å²) in [7, 11) is 0. The minimum absolute atomic E-state index is 0.0772. The number of carbonyl (C=O) groups excluding carboxylic acids is 2. The summed E-state index contributed by atoms with van der Waals surface area (Å²) in [6.07, 6.45) is 5.79. The SMILES string of the molecule is O=C1CCCN1CCC1CCCCN1C(=O)COCc1ccccc1.